The summed E-state index contributed by atoms with van der Waals surface area (Å²) in [6.45, 7) is -0.0579. The first kappa shape index (κ1) is 27.6. The maximum absolute atomic E-state index is 13.5. The van der Waals surface area contributed by atoms with Gasteiger partial charge in [-0.25, -0.2) is 26.4 Å². The molecule has 12 heteroatoms. The molecule has 2 atom stereocenters. The summed E-state index contributed by atoms with van der Waals surface area (Å²) < 4.78 is 56.9. The molecule has 8 nitrogen and oxygen atoms in total. The van der Waals surface area contributed by atoms with E-state index in [4.69, 9.17) is 23.2 Å². The fraction of sp³-hybridized carbons (Fsp3) is 0.240. The molecule has 0 amide bonds. The van der Waals surface area contributed by atoms with Crippen LogP contribution in [0.3, 0.4) is 0 Å². The van der Waals surface area contributed by atoms with Gasteiger partial charge in [0.05, 0.1) is 15.4 Å². The average Bonchev–Trinajstić information content (AvgIpc) is 3.26. The minimum atomic E-state index is -3.96. The third-order valence-corrected chi connectivity index (χ3v) is 10.1. The van der Waals surface area contributed by atoms with Crippen molar-refractivity contribution in [3.63, 3.8) is 0 Å². The number of sulfonamides is 2. The quantitative estimate of drug-likeness (QED) is 0.385. The van der Waals surface area contributed by atoms with Crippen LogP contribution in [-0.2, 0) is 26.5 Å². The van der Waals surface area contributed by atoms with Gasteiger partial charge in [0.15, 0.2) is 0 Å². The molecule has 0 radical (unpaired) electrons. The van der Waals surface area contributed by atoms with E-state index in [2.05, 4.69) is 4.72 Å². The van der Waals surface area contributed by atoms with Gasteiger partial charge in [0.2, 0.25) is 20.0 Å². The van der Waals surface area contributed by atoms with Gasteiger partial charge in [-0.05, 0) is 85.5 Å². The molecule has 3 aromatic rings. The van der Waals surface area contributed by atoms with Gasteiger partial charge in [-0.15, -0.1) is 0 Å². The van der Waals surface area contributed by atoms with Gasteiger partial charge >= 0.3 is 5.97 Å². The molecule has 1 fully saturated rings. The van der Waals surface area contributed by atoms with Gasteiger partial charge in [0, 0.05) is 28.7 Å². The predicted octanol–water partition coefficient (Wildman–Crippen LogP) is 4.43. The third kappa shape index (κ3) is 6.51. The van der Waals surface area contributed by atoms with Crippen molar-refractivity contribution in [3.05, 3.63) is 94.0 Å². The Hall–Kier alpha value is -2.47. The topological polar surface area (TPSA) is 121 Å². The smallest absolute Gasteiger partial charge is 0.335 e. The van der Waals surface area contributed by atoms with Crippen molar-refractivity contribution < 1.29 is 26.7 Å². The van der Waals surface area contributed by atoms with E-state index in [0.29, 0.717) is 22.9 Å². The molecular formula is C25H24Cl2N2O6S2. The number of carbonyl (C=O) groups is 1. The molecule has 0 aromatic heterocycles. The van der Waals surface area contributed by atoms with Crippen molar-refractivity contribution in [1.82, 2.24) is 9.03 Å². The zero-order valence-corrected chi connectivity index (χ0v) is 22.6. The van der Waals surface area contributed by atoms with Gasteiger partial charge in [-0.3, -0.25) is 0 Å². The van der Waals surface area contributed by atoms with Gasteiger partial charge in [0.1, 0.15) is 0 Å². The monoisotopic (exact) mass is 582 g/mol. The van der Waals surface area contributed by atoms with Crippen molar-refractivity contribution in [1.29, 1.82) is 0 Å². The van der Waals surface area contributed by atoms with Crippen molar-refractivity contribution in [2.75, 3.05) is 6.54 Å². The number of halogens is 2. The number of rotatable bonds is 9. The van der Waals surface area contributed by atoms with Gasteiger partial charge in [-0.1, -0.05) is 35.3 Å². The van der Waals surface area contributed by atoms with Crippen molar-refractivity contribution >= 4 is 49.2 Å². The Kier molecular flexibility index (Phi) is 8.27. The Labute approximate surface area is 225 Å². The first-order valence-electron chi connectivity index (χ1n) is 11.3. The highest BCUT2D eigenvalue weighted by molar-refractivity contribution is 7.89. The molecule has 1 heterocycles. The fourth-order valence-corrected chi connectivity index (χ4v) is 7.57. The molecule has 37 heavy (non-hydrogen) atoms. The molecule has 1 aliphatic rings. The number of aryl methyl sites for hydroxylation is 1. The van der Waals surface area contributed by atoms with Crippen molar-refractivity contribution in [2.45, 2.75) is 41.1 Å². The molecule has 0 unspecified atom stereocenters. The summed E-state index contributed by atoms with van der Waals surface area (Å²) in [7, 11) is -7.88. The first-order valence-corrected chi connectivity index (χ1v) is 15.0. The van der Waals surface area contributed by atoms with Crippen molar-refractivity contribution in [3.8, 4) is 0 Å². The lowest BCUT2D eigenvalue weighted by atomic mass is 10.0. The van der Waals surface area contributed by atoms with Gasteiger partial charge < -0.3 is 5.11 Å². The Bertz CT molecular complexity index is 1490. The summed E-state index contributed by atoms with van der Waals surface area (Å²) in [5, 5.41) is 10.1. The molecule has 2 N–H and O–H groups in total. The second-order valence-electron chi connectivity index (χ2n) is 8.73. The van der Waals surface area contributed by atoms with E-state index in [1.165, 1.54) is 58.9 Å². The molecular weight excluding hydrogens is 559 g/mol. The standard InChI is InChI=1S/C25H24Cl2N2O6S2/c26-19-5-10-23(11-6-19)36(32,33)28-21-15-22(9-4-17-2-1-3-18(14-17)25(30)31)29(16-21)37(34,35)24-12-7-20(27)8-13-24/h1-3,5-8,10-14,21-22,28H,4,9,15-16H2,(H,30,31)/t21-,22-/m1/s1. The maximum Gasteiger partial charge on any atom is 0.335 e. The summed E-state index contributed by atoms with van der Waals surface area (Å²) in [6, 6.07) is 16.8. The lowest BCUT2D eigenvalue weighted by Gasteiger charge is -2.24. The highest BCUT2D eigenvalue weighted by Crippen LogP contribution is 2.31. The van der Waals surface area contributed by atoms with Crippen LogP contribution in [-0.4, -0.2) is 50.8 Å². The highest BCUT2D eigenvalue weighted by atomic mass is 35.5. The number of aromatic carboxylic acids is 1. The van der Waals surface area contributed by atoms with Crippen LogP contribution in [0.25, 0.3) is 0 Å². The average molecular weight is 584 g/mol. The number of hydrogen-bond acceptors (Lipinski definition) is 5. The Balaban J connectivity index is 1.59. The van der Waals surface area contributed by atoms with E-state index in [1.54, 1.807) is 18.2 Å². The van der Waals surface area contributed by atoms with Crippen LogP contribution in [0.5, 0.6) is 0 Å². The Morgan fingerprint density at radius 2 is 1.51 bits per heavy atom. The van der Waals surface area contributed by atoms with Crippen LogP contribution in [0.4, 0.5) is 0 Å². The minimum absolute atomic E-state index is 0.0259. The van der Waals surface area contributed by atoms with Crippen LogP contribution in [0, 0.1) is 0 Å². The highest BCUT2D eigenvalue weighted by Gasteiger charge is 2.41. The molecule has 4 rings (SSSR count). The van der Waals surface area contributed by atoms with Gasteiger partial charge in [-0.2, -0.15) is 4.31 Å². The second-order valence-corrected chi connectivity index (χ2v) is 13.2. The van der Waals surface area contributed by atoms with E-state index in [1.807, 2.05) is 0 Å². The molecule has 0 aliphatic carbocycles. The Morgan fingerprint density at radius 3 is 2.11 bits per heavy atom. The van der Waals surface area contributed by atoms with Crippen LogP contribution in [0.2, 0.25) is 10.0 Å². The summed E-state index contributed by atoms with van der Waals surface area (Å²) >= 11 is 11.8. The van der Waals surface area contributed by atoms with E-state index >= 15 is 0 Å². The molecule has 3 aromatic carbocycles. The van der Waals surface area contributed by atoms with E-state index in [-0.39, 0.29) is 28.3 Å². The Morgan fingerprint density at radius 1 is 0.919 bits per heavy atom. The summed E-state index contributed by atoms with van der Waals surface area (Å²) in [5.41, 5.74) is 0.886. The third-order valence-electron chi connectivity index (χ3n) is 6.17. The van der Waals surface area contributed by atoms with Crippen LogP contribution >= 0.6 is 23.2 Å². The zero-order chi connectivity index (χ0) is 26.8. The van der Waals surface area contributed by atoms with Crippen LogP contribution in [0.1, 0.15) is 28.8 Å². The number of nitrogens with zero attached hydrogens (tertiary/aromatic N) is 1. The van der Waals surface area contributed by atoms with E-state index < -0.39 is 38.1 Å². The normalized spacial score (nSPS) is 18.6. The SMILES string of the molecule is O=C(O)c1cccc(CC[C@@H]2C[C@@H](NS(=O)(=O)c3ccc(Cl)cc3)CN2S(=O)(=O)c2ccc(Cl)cc2)c1. The molecule has 1 aliphatic heterocycles. The van der Waals surface area contributed by atoms with Crippen molar-refractivity contribution in [2.24, 2.45) is 0 Å². The zero-order valence-electron chi connectivity index (χ0n) is 19.4. The summed E-state index contributed by atoms with van der Waals surface area (Å²) in [4.78, 5) is 11.4. The number of carboxylic acid groups (broad SMARTS) is 1. The lowest BCUT2D eigenvalue weighted by Crippen LogP contribution is -2.39. The number of nitrogens with one attached hydrogen (secondary N) is 1. The lowest BCUT2D eigenvalue weighted by molar-refractivity contribution is 0.0696. The van der Waals surface area contributed by atoms with Crippen LogP contribution in [0.15, 0.2) is 82.6 Å². The molecule has 0 saturated carbocycles. The number of carboxylic acids is 1. The van der Waals surface area contributed by atoms with E-state index in [0.717, 1.165) is 5.56 Å². The largest absolute Gasteiger partial charge is 0.478 e. The summed E-state index contributed by atoms with van der Waals surface area (Å²) in [6.07, 6.45) is 1.03. The molecule has 196 valence electrons. The minimum Gasteiger partial charge on any atom is -0.478 e. The summed E-state index contributed by atoms with van der Waals surface area (Å²) in [5.74, 6) is -1.05. The number of hydrogen-bond donors (Lipinski definition) is 2. The number of benzene rings is 3. The maximum atomic E-state index is 13.5. The fourth-order valence-electron chi connectivity index (χ4n) is 4.36. The molecule has 0 bridgehead atoms. The second kappa shape index (κ2) is 11.1. The first-order chi connectivity index (χ1) is 17.5. The van der Waals surface area contributed by atoms with Crippen LogP contribution < -0.4 is 4.72 Å². The molecule has 1 saturated heterocycles. The van der Waals surface area contributed by atoms with E-state index in [9.17, 15) is 26.7 Å². The molecule has 0 spiro atoms. The predicted molar refractivity (Wildman–Crippen MR) is 141 cm³/mol. The van der Waals surface area contributed by atoms with Gasteiger partial charge in [0.25, 0.3) is 0 Å².